The molecule has 0 spiro atoms. The first kappa shape index (κ1) is 13.2. The molecule has 1 aliphatic carbocycles. The maximum Gasteiger partial charge on any atom is 0.0284 e. The normalized spacial score (nSPS) is 15.1. The Balaban J connectivity index is 2.29. The summed E-state index contributed by atoms with van der Waals surface area (Å²) in [7, 11) is 0. The summed E-state index contributed by atoms with van der Waals surface area (Å²) in [5, 5.41) is 0. The Hall–Kier alpha value is -1.79. The van der Waals surface area contributed by atoms with Gasteiger partial charge in [0.15, 0.2) is 0 Å². The van der Waals surface area contributed by atoms with Crippen LogP contribution in [0.5, 0.6) is 0 Å². The fourth-order valence-corrected chi connectivity index (χ4v) is 3.52. The van der Waals surface area contributed by atoms with Gasteiger partial charge in [-0.1, -0.05) is 72.3 Å². The van der Waals surface area contributed by atoms with Crippen molar-refractivity contribution in [3.8, 4) is 11.1 Å². The van der Waals surface area contributed by atoms with Crippen molar-refractivity contribution in [1.29, 1.82) is 0 Å². The first-order valence-electron chi connectivity index (χ1n) is 6.89. The summed E-state index contributed by atoms with van der Waals surface area (Å²) in [6.07, 6.45) is 5.88. The van der Waals surface area contributed by atoms with Crippen LogP contribution < -0.4 is 0 Å². The highest BCUT2D eigenvalue weighted by molar-refractivity contribution is 6.25. The van der Waals surface area contributed by atoms with Crippen LogP contribution in [0, 0.1) is 0 Å². The monoisotopic (exact) mass is 280 g/mol. The molecule has 0 aliphatic heterocycles. The molecule has 0 heterocycles. The van der Waals surface area contributed by atoms with E-state index in [-0.39, 0.29) is 5.41 Å². The third kappa shape index (κ3) is 1.83. The Morgan fingerprint density at radius 1 is 0.900 bits per heavy atom. The summed E-state index contributed by atoms with van der Waals surface area (Å²) < 4.78 is 0. The Morgan fingerprint density at radius 2 is 1.45 bits per heavy atom. The van der Waals surface area contributed by atoms with Crippen molar-refractivity contribution in [1.82, 2.24) is 0 Å². The van der Waals surface area contributed by atoms with E-state index < -0.39 is 0 Å². The first-order chi connectivity index (χ1) is 9.83. The van der Waals surface area contributed by atoms with Gasteiger partial charge >= 0.3 is 0 Å². The molecule has 0 radical (unpaired) electrons. The number of allylic oxidation sites excluding steroid dienone is 2. The van der Waals surface area contributed by atoms with Gasteiger partial charge in [-0.3, -0.25) is 0 Å². The first-order valence-corrected chi connectivity index (χ1v) is 7.32. The Bertz CT molecular complexity index is 621. The van der Waals surface area contributed by atoms with Crippen LogP contribution in [-0.4, -0.2) is 0 Å². The molecule has 0 saturated carbocycles. The van der Waals surface area contributed by atoms with E-state index in [1.54, 1.807) is 5.54 Å². The molecule has 2 aromatic rings. The van der Waals surface area contributed by atoms with Crippen molar-refractivity contribution < 1.29 is 0 Å². The number of hydrogen-bond acceptors (Lipinski definition) is 0. The minimum absolute atomic E-state index is 0.0275. The Kier molecular flexibility index (Phi) is 3.50. The Labute approximate surface area is 125 Å². The van der Waals surface area contributed by atoms with E-state index in [0.29, 0.717) is 0 Å². The summed E-state index contributed by atoms with van der Waals surface area (Å²) >= 11 is 5.79. The zero-order valence-corrected chi connectivity index (χ0v) is 12.1. The highest BCUT2D eigenvalue weighted by atomic mass is 35.5. The average molecular weight is 281 g/mol. The van der Waals surface area contributed by atoms with Crippen molar-refractivity contribution in [2.24, 2.45) is 0 Å². The van der Waals surface area contributed by atoms with Crippen molar-refractivity contribution in [2.75, 3.05) is 0 Å². The molecule has 1 aliphatic rings. The van der Waals surface area contributed by atoms with Crippen LogP contribution in [0.3, 0.4) is 0 Å². The number of rotatable bonds is 4. The molecule has 0 fully saturated rings. The fourth-order valence-electron chi connectivity index (χ4n) is 3.43. The van der Waals surface area contributed by atoms with Crippen molar-refractivity contribution in [3.63, 3.8) is 0 Å². The zero-order chi connectivity index (χ0) is 14.0. The molecule has 3 rings (SSSR count). The third-order valence-electron chi connectivity index (χ3n) is 4.22. The van der Waals surface area contributed by atoms with Gasteiger partial charge in [0.05, 0.1) is 0 Å². The van der Waals surface area contributed by atoms with Gasteiger partial charge in [-0.05, 0) is 35.1 Å². The molecule has 0 atom stereocenters. The van der Waals surface area contributed by atoms with Crippen molar-refractivity contribution in [2.45, 2.75) is 18.3 Å². The van der Waals surface area contributed by atoms with Crippen LogP contribution in [0.25, 0.3) is 11.1 Å². The van der Waals surface area contributed by atoms with E-state index in [4.69, 9.17) is 11.6 Å². The van der Waals surface area contributed by atoms with E-state index in [0.717, 1.165) is 12.8 Å². The predicted molar refractivity (Wildman–Crippen MR) is 87.1 cm³/mol. The topological polar surface area (TPSA) is 0 Å². The second kappa shape index (κ2) is 5.30. The van der Waals surface area contributed by atoms with Gasteiger partial charge in [-0.2, -0.15) is 0 Å². The van der Waals surface area contributed by atoms with Gasteiger partial charge in [0.2, 0.25) is 0 Å². The minimum Gasteiger partial charge on any atom is -0.103 e. The summed E-state index contributed by atoms with van der Waals surface area (Å²) in [4.78, 5) is 0. The number of fused-ring (bicyclic) bond motifs is 3. The van der Waals surface area contributed by atoms with Crippen LogP contribution in [0.1, 0.15) is 24.0 Å². The fraction of sp³-hybridized carbons (Fsp3) is 0.158. The van der Waals surface area contributed by atoms with E-state index in [1.165, 1.54) is 22.3 Å². The maximum atomic E-state index is 5.79. The second-order valence-corrected chi connectivity index (χ2v) is 5.48. The summed E-state index contributed by atoms with van der Waals surface area (Å²) in [6, 6.07) is 17.3. The van der Waals surface area contributed by atoms with Crippen LogP contribution in [-0.2, 0) is 5.41 Å². The van der Waals surface area contributed by atoms with Crippen LogP contribution in [0.4, 0.5) is 0 Å². The molecule has 20 heavy (non-hydrogen) atoms. The number of hydrogen-bond donors (Lipinski definition) is 0. The molecule has 0 amide bonds. The second-order valence-electron chi connectivity index (χ2n) is 5.23. The molecular weight excluding hydrogens is 264 g/mol. The lowest BCUT2D eigenvalue weighted by molar-refractivity contribution is 0.543. The standard InChI is InChI=1S/C19H17Cl/c1-2-12-19(13-7-14-20)17-10-5-3-8-15(17)16-9-4-6-11-18(16)19/h2-11,14H,1,12-13H2/b14-7+. The molecule has 100 valence electrons. The molecule has 0 saturated heterocycles. The van der Waals surface area contributed by atoms with Gasteiger partial charge in [-0.25, -0.2) is 0 Å². The third-order valence-corrected chi connectivity index (χ3v) is 4.40. The van der Waals surface area contributed by atoms with E-state index in [1.807, 2.05) is 12.2 Å². The Morgan fingerprint density at radius 3 is 1.95 bits per heavy atom. The minimum atomic E-state index is -0.0275. The number of halogens is 1. The van der Waals surface area contributed by atoms with Gasteiger partial charge in [0.1, 0.15) is 0 Å². The highest BCUT2D eigenvalue weighted by Crippen LogP contribution is 2.52. The molecule has 0 nitrogen and oxygen atoms in total. The van der Waals surface area contributed by atoms with Gasteiger partial charge in [-0.15, -0.1) is 6.58 Å². The van der Waals surface area contributed by atoms with Crippen LogP contribution >= 0.6 is 11.6 Å². The molecule has 0 bridgehead atoms. The lowest BCUT2D eigenvalue weighted by Gasteiger charge is -2.30. The lowest BCUT2D eigenvalue weighted by atomic mass is 9.73. The van der Waals surface area contributed by atoms with Gasteiger partial charge in [0.25, 0.3) is 0 Å². The van der Waals surface area contributed by atoms with Crippen molar-refractivity contribution in [3.05, 3.63) is 83.9 Å². The smallest absolute Gasteiger partial charge is 0.0284 e. The van der Waals surface area contributed by atoms with E-state index in [9.17, 15) is 0 Å². The largest absolute Gasteiger partial charge is 0.103 e. The molecule has 0 N–H and O–H groups in total. The summed E-state index contributed by atoms with van der Waals surface area (Å²) in [5.74, 6) is 0. The van der Waals surface area contributed by atoms with E-state index >= 15 is 0 Å². The summed E-state index contributed by atoms with van der Waals surface area (Å²) in [6.45, 7) is 3.97. The molecule has 2 aromatic carbocycles. The molecule has 0 unspecified atom stereocenters. The van der Waals surface area contributed by atoms with Crippen molar-refractivity contribution >= 4 is 11.6 Å². The van der Waals surface area contributed by atoms with Gasteiger partial charge in [0, 0.05) is 11.0 Å². The molecule has 0 aromatic heterocycles. The van der Waals surface area contributed by atoms with Gasteiger partial charge < -0.3 is 0 Å². The highest BCUT2D eigenvalue weighted by Gasteiger charge is 2.40. The quantitative estimate of drug-likeness (QED) is 0.633. The van der Waals surface area contributed by atoms with Crippen LogP contribution in [0.15, 0.2) is 72.8 Å². The number of benzene rings is 2. The van der Waals surface area contributed by atoms with E-state index in [2.05, 4.69) is 55.1 Å². The molecule has 1 heteroatoms. The van der Waals surface area contributed by atoms with Crippen LogP contribution in [0.2, 0.25) is 0 Å². The zero-order valence-electron chi connectivity index (χ0n) is 11.4. The SMILES string of the molecule is C=CCC1(C/C=C/Cl)c2ccccc2-c2ccccc21. The lowest BCUT2D eigenvalue weighted by Crippen LogP contribution is -2.23. The predicted octanol–water partition coefficient (Wildman–Crippen LogP) is 5.67. The molecular formula is C19H17Cl. The summed E-state index contributed by atoms with van der Waals surface area (Å²) in [5.41, 5.74) is 7.04. The average Bonchev–Trinajstić information content (AvgIpc) is 2.78. The maximum absolute atomic E-state index is 5.79.